The molecule has 7 heteroatoms. The van der Waals surface area contributed by atoms with Gasteiger partial charge in [0.1, 0.15) is 0 Å². The van der Waals surface area contributed by atoms with E-state index in [-0.39, 0.29) is 24.5 Å². The van der Waals surface area contributed by atoms with E-state index in [4.69, 9.17) is 14.6 Å². The maximum atomic E-state index is 12.2. The second-order valence-corrected chi connectivity index (χ2v) is 6.09. The zero-order valence-corrected chi connectivity index (χ0v) is 13.1. The number of nitrogens with one attached hydrogen (secondary N) is 1. The summed E-state index contributed by atoms with van der Waals surface area (Å²) < 4.78 is 10.3. The second kappa shape index (κ2) is 8.19. The van der Waals surface area contributed by atoms with E-state index in [0.29, 0.717) is 26.3 Å². The normalized spacial score (nSPS) is 19.4. The van der Waals surface area contributed by atoms with Gasteiger partial charge in [0.05, 0.1) is 25.7 Å². The van der Waals surface area contributed by atoms with E-state index in [1.807, 2.05) is 0 Å². The Labute approximate surface area is 125 Å². The number of ether oxygens (including phenoxy) is 2. The number of methoxy groups -OCH3 is 1. The first-order valence-corrected chi connectivity index (χ1v) is 7.18. The van der Waals surface area contributed by atoms with Gasteiger partial charge in [0.2, 0.25) is 0 Å². The summed E-state index contributed by atoms with van der Waals surface area (Å²) >= 11 is 0. The average molecular weight is 302 g/mol. The number of aliphatic carboxylic acids is 1. The van der Waals surface area contributed by atoms with Gasteiger partial charge in [-0.1, -0.05) is 13.8 Å². The van der Waals surface area contributed by atoms with E-state index >= 15 is 0 Å². The average Bonchev–Trinajstić information content (AvgIpc) is 2.43. The molecule has 1 aliphatic rings. The number of hydrogen-bond acceptors (Lipinski definition) is 4. The fraction of sp³-hybridized carbons (Fsp3) is 0.857. The minimum absolute atomic E-state index is 0.0692. The molecular weight excluding hydrogens is 276 g/mol. The van der Waals surface area contributed by atoms with Crippen molar-refractivity contribution < 1.29 is 24.2 Å². The van der Waals surface area contributed by atoms with Gasteiger partial charge in [0.25, 0.3) is 0 Å². The largest absolute Gasteiger partial charge is 0.481 e. The van der Waals surface area contributed by atoms with Crippen molar-refractivity contribution in [2.75, 3.05) is 40.0 Å². The molecule has 0 saturated carbocycles. The van der Waals surface area contributed by atoms with Crippen LogP contribution in [0.3, 0.4) is 0 Å². The number of carbonyl (C=O) groups excluding carboxylic acids is 1. The fourth-order valence-corrected chi connectivity index (χ4v) is 2.18. The fourth-order valence-electron chi connectivity index (χ4n) is 2.18. The summed E-state index contributed by atoms with van der Waals surface area (Å²) in [6.07, 6.45) is 0.742. The van der Waals surface area contributed by atoms with Gasteiger partial charge in [-0.05, 0) is 11.8 Å². The molecule has 0 radical (unpaired) electrons. The summed E-state index contributed by atoms with van der Waals surface area (Å²) in [7, 11) is 1.65. The highest BCUT2D eigenvalue weighted by Crippen LogP contribution is 2.19. The number of amides is 2. The summed E-state index contributed by atoms with van der Waals surface area (Å²) in [5.74, 6) is -0.927. The molecule has 1 aliphatic heterocycles. The van der Waals surface area contributed by atoms with Crippen LogP contribution >= 0.6 is 0 Å². The first-order chi connectivity index (χ1) is 9.85. The standard InChI is InChI=1S/C14H26N2O5/c1-14(2,4-6-20-3)10-15-13(19)16-5-7-21-9-11(16)8-12(17)18/h11H,4-10H2,1-3H3,(H,15,19)(H,17,18). The van der Waals surface area contributed by atoms with Gasteiger partial charge in [-0.3, -0.25) is 4.79 Å². The summed E-state index contributed by atoms with van der Waals surface area (Å²) in [4.78, 5) is 24.6. The van der Waals surface area contributed by atoms with Crippen LogP contribution in [0.15, 0.2) is 0 Å². The van der Waals surface area contributed by atoms with Crippen molar-refractivity contribution in [1.29, 1.82) is 0 Å². The Bertz CT molecular complexity index is 359. The van der Waals surface area contributed by atoms with Crippen LogP contribution in [0.4, 0.5) is 4.79 Å². The number of carbonyl (C=O) groups is 2. The molecule has 122 valence electrons. The molecule has 0 spiro atoms. The van der Waals surface area contributed by atoms with Crippen molar-refractivity contribution in [1.82, 2.24) is 10.2 Å². The van der Waals surface area contributed by atoms with Crippen LogP contribution in [0, 0.1) is 5.41 Å². The topological polar surface area (TPSA) is 88.1 Å². The van der Waals surface area contributed by atoms with Crippen LogP contribution in [-0.2, 0) is 14.3 Å². The zero-order valence-electron chi connectivity index (χ0n) is 13.1. The maximum absolute atomic E-state index is 12.2. The Morgan fingerprint density at radius 2 is 2.19 bits per heavy atom. The Hall–Kier alpha value is -1.34. The highest BCUT2D eigenvalue weighted by molar-refractivity contribution is 5.76. The van der Waals surface area contributed by atoms with E-state index in [0.717, 1.165) is 6.42 Å². The number of morpholine rings is 1. The second-order valence-electron chi connectivity index (χ2n) is 6.09. The summed E-state index contributed by atoms with van der Waals surface area (Å²) in [5.41, 5.74) is -0.0692. The summed E-state index contributed by atoms with van der Waals surface area (Å²) in [6, 6.07) is -0.631. The molecule has 1 fully saturated rings. The number of carboxylic acid groups (broad SMARTS) is 1. The molecule has 7 nitrogen and oxygen atoms in total. The van der Waals surface area contributed by atoms with Crippen molar-refractivity contribution in [2.24, 2.45) is 5.41 Å². The maximum Gasteiger partial charge on any atom is 0.317 e. The van der Waals surface area contributed by atoms with Gasteiger partial charge < -0.3 is 24.8 Å². The third-order valence-corrected chi connectivity index (χ3v) is 3.60. The van der Waals surface area contributed by atoms with E-state index < -0.39 is 12.0 Å². The zero-order chi connectivity index (χ0) is 15.9. The number of hydrogen-bond donors (Lipinski definition) is 2. The molecule has 1 atom stereocenters. The lowest BCUT2D eigenvalue weighted by Crippen LogP contribution is -2.54. The third kappa shape index (κ3) is 6.31. The van der Waals surface area contributed by atoms with Crippen molar-refractivity contribution in [3.63, 3.8) is 0 Å². The van der Waals surface area contributed by atoms with Gasteiger partial charge in [0.15, 0.2) is 0 Å². The van der Waals surface area contributed by atoms with E-state index in [1.165, 1.54) is 0 Å². The van der Waals surface area contributed by atoms with Gasteiger partial charge in [0, 0.05) is 26.8 Å². The van der Waals surface area contributed by atoms with E-state index in [9.17, 15) is 9.59 Å². The predicted molar refractivity (Wildman–Crippen MR) is 77.2 cm³/mol. The lowest BCUT2D eigenvalue weighted by Gasteiger charge is -2.35. The molecule has 1 unspecified atom stereocenters. The van der Waals surface area contributed by atoms with Crippen molar-refractivity contribution in [2.45, 2.75) is 32.7 Å². The molecule has 0 bridgehead atoms. The van der Waals surface area contributed by atoms with Gasteiger partial charge in [-0.2, -0.15) is 0 Å². The highest BCUT2D eigenvalue weighted by atomic mass is 16.5. The molecule has 2 amide bonds. The SMILES string of the molecule is COCCC(C)(C)CNC(=O)N1CCOCC1CC(=O)O. The summed E-state index contributed by atoms with van der Waals surface area (Å²) in [6.45, 7) is 6.40. The molecule has 1 saturated heterocycles. The minimum atomic E-state index is -0.927. The molecule has 0 aromatic rings. The molecular formula is C14H26N2O5. The molecule has 0 aromatic heterocycles. The monoisotopic (exact) mass is 302 g/mol. The minimum Gasteiger partial charge on any atom is -0.481 e. The molecule has 1 rings (SSSR count). The van der Waals surface area contributed by atoms with Gasteiger partial charge in [-0.25, -0.2) is 4.79 Å². The van der Waals surface area contributed by atoms with Crippen LogP contribution in [0.2, 0.25) is 0 Å². The molecule has 0 aromatic carbocycles. The van der Waals surface area contributed by atoms with Crippen LogP contribution in [-0.4, -0.2) is 68.1 Å². The number of nitrogens with zero attached hydrogens (tertiary/aromatic N) is 1. The Kier molecular flexibility index (Phi) is 6.91. The van der Waals surface area contributed by atoms with Crippen molar-refractivity contribution in [3.8, 4) is 0 Å². The molecule has 1 heterocycles. The molecule has 2 N–H and O–H groups in total. The van der Waals surface area contributed by atoms with Crippen molar-refractivity contribution >= 4 is 12.0 Å². The summed E-state index contributed by atoms with van der Waals surface area (Å²) in [5, 5.41) is 11.8. The molecule has 0 aliphatic carbocycles. The lowest BCUT2D eigenvalue weighted by atomic mass is 9.90. The number of rotatable bonds is 7. The first kappa shape index (κ1) is 17.7. The van der Waals surface area contributed by atoms with E-state index in [2.05, 4.69) is 19.2 Å². The van der Waals surface area contributed by atoms with Crippen LogP contribution in [0.5, 0.6) is 0 Å². The van der Waals surface area contributed by atoms with Crippen LogP contribution in [0.1, 0.15) is 26.7 Å². The third-order valence-electron chi connectivity index (χ3n) is 3.60. The van der Waals surface area contributed by atoms with Crippen LogP contribution in [0.25, 0.3) is 0 Å². The Balaban J connectivity index is 2.50. The predicted octanol–water partition coefficient (Wildman–Crippen LogP) is 0.934. The molecule has 21 heavy (non-hydrogen) atoms. The number of urea groups is 1. The van der Waals surface area contributed by atoms with E-state index in [1.54, 1.807) is 12.0 Å². The number of carboxylic acids is 1. The lowest BCUT2D eigenvalue weighted by molar-refractivity contribution is -0.139. The Morgan fingerprint density at radius 3 is 2.81 bits per heavy atom. The smallest absolute Gasteiger partial charge is 0.317 e. The van der Waals surface area contributed by atoms with Gasteiger partial charge in [-0.15, -0.1) is 0 Å². The van der Waals surface area contributed by atoms with Crippen LogP contribution < -0.4 is 5.32 Å². The quantitative estimate of drug-likeness (QED) is 0.730. The van der Waals surface area contributed by atoms with Crippen molar-refractivity contribution in [3.05, 3.63) is 0 Å². The highest BCUT2D eigenvalue weighted by Gasteiger charge is 2.30. The Morgan fingerprint density at radius 1 is 1.48 bits per heavy atom. The first-order valence-electron chi connectivity index (χ1n) is 7.18. The van der Waals surface area contributed by atoms with Gasteiger partial charge >= 0.3 is 12.0 Å².